The van der Waals surface area contributed by atoms with Crippen LogP contribution in [0.1, 0.15) is 17.4 Å². The normalized spacial score (nSPS) is 13.3. The van der Waals surface area contributed by atoms with Gasteiger partial charge in [0.25, 0.3) is 0 Å². The summed E-state index contributed by atoms with van der Waals surface area (Å²) in [6.07, 6.45) is 0.239. The first-order valence-corrected chi connectivity index (χ1v) is 7.84. The molecule has 0 spiro atoms. The molecule has 0 radical (unpaired) electrons. The molecule has 0 saturated carbocycles. The van der Waals surface area contributed by atoms with Crippen molar-refractivity contribution in [2.75, 3.05) is 6.54 Å². The van der Waals surface area contributed by atoms with Crippen LogP contribution in [-0.4, -0.2) is 20.1 Å². The van der Waals surface area contributed by atoms with Crippen molar-refractivity contribution in [3.8, 4) is 0 Å². The van der Waals surface area contributed by atoms with Gasteiger partial charge in [0, 0.05) is 6.54 Å². The molecule has 0 aliphatic heterocycles. The second-order valence-corrected chi connectivity index (χ2v) is 6.56. The molecule has 21 heavy (non-hydrogen) atoms. The van der Waals surface area contributed by atoms with Gasteiger partial charge in [0.05, 0.1) is 11.3 Å². The first-order chi connectivity index (χ1) is 9.81. The highest BCUT2D eigenvalue weighted by molar-refractivity contribution is 7.89. The van der Waals surface area contributed by atoms with E-state index in [-0.39, 0.29) is 27.8 Å². The van der Waals surface area contributed by atoms with Crippen molar-refractivity contribution in [1.29, 1.82) is 0 Å². The van der Waals surface area contributed by atoms with E-state index in [2.05, 4.69) is 4.72 Å². The monoisotopic (exact) mass is 333 g/mol. The molecule has 0 aliphatic carbocycles. The average Bonchev–Trinajstić information content (AvgIpc) is 2.94. The zero-order chi connectivity index (χ0) is 15.6. The summed E-state index contributed by atoms with van der Waals surface area (Å²) in [5.74, 6) is -0.353. The second kappa shape index (κ2) is 6.15. The Balaban J connectivity index is 2.17. The quantitative estimate of drug-likeness (QED) is 0.880. The number of hydrogen-bond donors (Lipinski definition) is 2. The van der Waals surface area contributed by atoms with E-state index in [1.54, 1.807) is 6.07 Å². The maximum Gasteiger partial charge on any atom is 0.242 e. The standard InChI is InChI=1S/C13H13ClFNO4S/c1-8-5-13(9(14)6-10(8)15)21(18,19)16-7-11(17)12-3-2-4-20-12/h2-6,11,16-17H,7H2,1H3. The van der Waals surface area contributed by atoms with Gasteiger partial charge in [-0.05, 0) is 36.8 Å². The lowest BCUT2D eigenvalue weighted by Gasteiger charge is -2.12. The molecule has 1 aromatic carbocycles. The van der Waals surface area contributed by atoms with E-state index in [9.17, 15) is 17.9 Å². The van der Waals surface area contributed by atoms with Crippen molar-refractivity contribution >= 4 is 21.6 Å². The van der Waals surface area contributed by atoms with Crippen LogP contribution in [0.4, 0.5) is 4.39 Å². The Labute approximate surface area is 126 Å². The topological polar surface area (TPSA) is 79.5 Å². The van der Waals surface area contributed by atoms with Crippen LogP contribution in [0.2, 0.25) is 5.02 Å². The number of rotatable bonds is 5. The molecule has 0 fully saturated rings. The van der Waals surface area contributed by atoms with E-state index in [0.717, 1.165) is 12.1 Å². The predicted molar refractivity (Wildman–Crippen MR) is 75.0 cm³/mol. The van der Waals surface area contributed by atoms with Gasteiger partial charge in [-0.25, -0.2) is 17.5 Å². The highest BCUT2D eigenvalue weighted by Crippen LogP contribution is 2.25. The molecule has 8 heteroatoms. The molecule has 1 atom stereocenters. The molecule has 0 bridgehead atoms. The Morgan fingerprint density at radius 2 is 2.19 bits per heavy atom. The van der Waals surface area contributed by atoms with Gasteiger partial charge in [-0.1, -0.05) is 11.6 Å². The van der Waals surface area contributed by atoms with Gasteiger partial charge in [0.15, 0.2) is 0 Å². The van der Waals surface area contributed by atoms with Crippen molar-refractivity contribution in [2.24, 2.45) is 0 Å². The molecule has 2 rings (SSSR count). The van der Waals surface area contributed by atoms with Crippen LogP contribution in [0.5, 0.6) is 0 Å². The molecule has 114 valence electrons. The van der Waals surface area contributed by atoms with Crippen molar-refractivity contribution in [3.05, 3.63) is 52.7 Å². The van der Waals surface area contributed by atoms with Gasteiger partial charge in [0.1, 0.15) is 22.6 Å². The maximum atomic E-state index is 13.3. The minimum atomic E-state index is -3.97. The van der Waals surface area contributed by atoms with E-state index in [1.165, 1.54) is 19.3 Å². The van der Waals surface area contributed by atoms with Crippen LogP contribution in [0.3, 0.4) is 0 Å². The predicted octanol–water partition coefficient (Wildman–Crippen LogP) is 2.39. The molecule has 5 nitrogen and oxygen atoms in total. The van der Waals surface area contributed by atoms with Crippen molar-refractivity contribution < 1.29 is 22.3 Å². The summed E-state index contributed by atoms with van der Waals surface area (Å²) in [6.45, 7) is 1.14. The van der Waals surface area contributed by atoms with Crippen LogP contribution < -0.4 is 4.72 Å². The summed E-state index contributed by atoms with van der Waals surface area (Å²) in [5.41, 5.74) is 0.159. The molecule has 1 unspecified atom stereocenters. The molecule has 2 N–H and O–H groups in total. The van der Waals surface area contributed by atoms with Gasteiger partial charge in [-0.2, -0.15) is 0 Å². The number of aliphatic hydroxyl groups excluding tert-OH is 1. The minimum absolute atomic E-state index is 0.159. The zero-order valence-corrected chi connectivity index (χ0v) is 12.6. The largest absolute Gasteiger partial charge is 0.467 e. The molecule has 1 heterocycles. The van der Waals surface area contributed by atoms with E-state index in [0.29, 0.717) is 0 Å². The molecule has 1 aromatic heterocycles. The SMILES string of the molecule is Cc1cc(S(=O)(=O)NCC(O)c2ccco2)c(Cl)cc1F. The Hall–Kier alpha value is -1.41. The summed E-state index contributed by atoms with van der Waals surface area (Å²) in [4.78, 5) is -0.241. The molecular weight excluding hydrogens is 321 g/mol. The van der Waals surface area contributed by atoms with Crippen LogP contribution in [0.25, 0.3) is 0 Å². The number of furan rings is 1. The number of hydrogen-bond acceptors (Lipinski definition) is 4. The van der Waals surface area contributed by atoms with E-state index < -0.39 is 21.9 Å². The number of sulfonamides is 1. The summed E-state index contributed by atoms with van der Waals surface area (Å²) >= 11 is 5.76. The smallest absolute Gasteiger partial charge is 0.242 e. The lowest BCUT2D eigenvalue weighted by atomic mass is 10.2. The Morgan fingerprint density at radius 3 is 2.81 bits per heavy atom. The molecule has 2 aromatic rings. The average molecular weight is 334 g/mol. The van der Waals surface area contributed by atoms with E-state index in [4.69, 9.17) is 16.0 Å². The fourth-order valence-corrected chi connectivity index (χ4v) is 3.32. The Kier molecular flexibility index (Phi) is 4.67. The van der Waals surface area contributed by atoms with Gasteiger partial charge in [-0.15, -0.1) is 0 Å². The Morgan fingerprint density at radius 1 is 1.48 bits per heavy atom. The number of halogens is 2. The van der Waals surface area contributed by atoms with Gasteiger partial charge in [0.2, 0.25) is 10.0 Å². The van der Waals surface area contributed by atoms with Crippen molar-refractivity contribution in [3.63, 3.8) is 0 Å². The summed E-state index contributed by atoms with van der Waals surface area (Å²) < 4.78 is 44.7. The third-order valence-corrected chi connectivity index (χ3v) is 4.73. The lowest BCUT2D eigenvalue weighted by molar-refractivity contribution is 0.154. The third kappa shape index (κ3) is 3.62. The van der Waals surface area contributed by atoms with E-state index >= 15 is 0 Å². The lowest BCUT2D eigenvalue weighted by Crippen LogP contribution is -2.28. The first-order valence-electron chi connectivity index (χ1n) is 5.98. The van der Waals surface area contributed by atoms with Crippen LogP contribution >= 0.6 is 11.6 Å². The van der Waals surface area contributed by atoms with Crippen molar-refractivity contribution in [1.82, 2.24) is 4.72 Å². The van der Waals surface area contributed by atoms with Gasteiger partial charge < -0.3 is 9.52 Å². The highest BCUT2D eigenvalue weighted by Gasteiger charge is 2.21. The van der Waals surface area contributed by atoms with E-state index in [1.807, 2.05) is 0 Å². The highest BCUT2D eigenvalue weighted by atomic mass is 35.5. The fraction of sp³-hybridized carbons (Fsp3) is 0.231. The third-order valence-electron chi connectivity index (χ3n) is 2.84. The fourth-order valence-electron chi connectivity index (χ4n) is 1.68. The van der Waals surface area contributed by atoms with Gasteiger partial charge >= 0.3 is 0 Å². The molecular formula is C13H13ClFNO4S. The number of benzene rings is 1. The number of aryl methyl sites for hydroxylation is 1. The molecule has 0 saturated heterocycles. The second-order valence-electron chi connectivity index (χ2n) is 4.41. The zero-order valence-electron chi connectivity index (χ0n) is 11.0. The minimum Gasteiger partial charge on any atom is -0.467 e. The summed E-state index contributed by atoms with van der Waals surface area (Å²) in [7, 11) is -3.97. The summed E-state index contributed by atoms with van der Waals surface area (Å²) in [6, 6.07) is 5.18. The van der Waals surface area contributed by atoms with Crippen molar-refractivity contribution in [2.45, 2.75) is 17.9 Å². The maximum absolute atomic E-state index is 13.3. The Bertz CT molecular complexity index is 731. The molecule has 0 amide bonds. The molecule has 0 aliphatic rings. The van der Waals surface area contributed by atoms with Gasteiger partial charge in [-0.3, -0.25) is 0 Å². The number of aliphatic hydroxyl groups is 1. The van der Waals surface area contributed by atoms with Crippen LogP contribution in [0.15, 0.2) is 39.8 Å². The summed E-state index contributed by atoms with van der Waals surface area (Å²) in [5, 5.41) is 9.55. The number of nitrogens with one attached hydrogen (secondary N) is 1. The van der Waals surface area contributed by atoms with Crippen LogP contribution in [0, 0.1) is 12.7 Å². The first kappa shape index (κ1) is 16.0. The van der Waals surface area contributed by atoms with Crippen LogP contribution in [-0.2, 0) is 10.0 Å².